The zero-order chi connectivity index (χ0) is 20.3. The number of fused-ring (bicyclic) bond motifs is 1. The number of nitrogens with one attached hydrogen (secondary N) is 3. The van der Waals surface area contributed by atoms with E-state index in [1.807, 2.05) is 0 Å². The lowest BCUT2D eigenvalue weighted by atomic mass is 10.1. The molecule has 0 spiro atoms. The van der Waals surface area contributed by atoms with E-state index in [0.717, 1.165) is 4.57 Å². The van der Waals surface area contributed by atoms with Gasteiger partial charge >= 0.3 is 5.69 Å². The number of para-hydroxylation sites is 1. The van der Waals surface area contributed by atoms with Crippen molar-refractivity contribution in [3.63, 3.8) is 0 Å². The molecule has 0 aliphatic rings. The van der Waals surface area contributed by atoms with Gasteiger partial charge in [0.2, 0.25) is 11.8 Å². The van der Waals surface area contributed by atoms with Gasteiger partial charge in [-0.15, -0.1) is 0 Å². The molecule has 0 fully saturated rings. The van der Waals surface area contributed by atoms with Gasteiger partial charge in [-0.05, 0) is 42.8 Å². The Labute approximate surface area is 160 Å². The third-order valence-corrected chi connectivity index (χ3v) is 4.31. The van der Waals surface area contributed by atoms with Gasteiger partial charge in [0.05, 0.1) is 10.9 Å². The number of H-pyrrole nitrogens is 1. The van der Waals surface area contributed by atoms with Crippen molar-refractivity contribution < 1.29 is 9.59 Å². The maximum absolute atomic E-state index is 12.8. The summed E-state index contributed by atoms with van der Waals surface area (Å²) in [7, 11) is 0. The summed E-state index contributed by atoms with van der Waals surface area (Å²) < 4.78 is 0.948. The highest BCUT2D eigenvalue weighted by Crippen LogP contribution is 2.17. The molecule has 3 N–H and O–H groups in total. The van der Waals surface area contributed by atoms with E-state index in [0.29, 0.717) is 22.3 Å². The fraction of sp³-hybridized carbons (Fsp3) is 0.200. The number of aromatic amines is 1. The van der Waals surface area contributed by atoms with Gasteiger partial charge < -0.3 is 15.6 Å². The van der Waals surface area contributed by atoms with Crippen LogP contribution in [-0.2, 0) is 9.59 Å². The number of hydrogen-bond donors (Lipinski definition) is 3. The molecular formula is C20H20N4O4. The largest absolute Gasteiger partial charge is 0.329 e. The minimum absolute atomic E-state index is 0.197. The Balaban J connectivity index is 1.90. The van der Waals surface area contributed by atoms with Crippen molar-refractivity contribution in [2.75, 3.05) is 10.6 Å². The van der Waals surface area contributed by atoms with Gasteiger partial charge in [0.1, 0.15) is 6.04 Å². The molecule has 1 unspecified atom stereocenters. The molecule has 1 aromatic heterocycles. The summed E-state index contributed by atoms with van der Waals surface area (Å²) in [5.41, 5.74) is 0.370. The van der Waals surface area contributed by atoms with E-state index in [2.05, 4.69) is 15.6 Å². The van der Waals surface area contributed by atoms with E-state index in [1.165, 1.54) is 6.92 Å². The Hall–Kier alpha value is -3.68. The first-order valence-corrected chi connectivity index (χ1v) is 8.82. The number of hydrogen-bond acceptors (Lipinski definition) is 4. The van der Waals surface area contributed by atoms with Crippen LogP contribution in [0.4, 0.5) is 11.4 Å². The predicted octanol–water partition coefficient (Wildman–Crippen LogP) is 2.24. The van der Waals surface area contributed by atoms with Crippen LogP contribution in [0.1, 0.15) is 26.3 Å². The van der Waals surface area contributed by atoms with Gasteiger partial charge in [0.25, 0.3) is 5.56 Å². The summed E-state index contributed by atoms with van der Waals surface area (Å²) in [5, 5.41) is 5.69. The van der Waals surface area contributed by atoms with Crippen molar-refractivity contribution in [3.8, 4) is 0 Å². The number of rotatable bonds is 5. The first-order chi connectivity index (χ1) is 13.4. The van der Waals surface area contributed by atoms with Crippen molar-refractivity contribution in [2.24, 2.45) is 0 Å². The second kappa shape index (κ2) is 7.91. The molecule has 0 saturated carbocycles. The minimum Gasteiger partial charge on any atom is -0.326 e. The Bertz CT molecular complexity index is 1150. The Morgan fingerprint density at radius 3 is 2.21 bits per heavy atom. The predicted molar refractivity (Wildman–Crippen MR) is 108 cm³/mol. The van der Waals surface area contributed by atoms with Gasteiger partial charge in [0.15, 0.2) is 0 Å². The molecule has 2 amide bonds. The van der Waals surface area contributed by atoms with Crippen LogP contribution < -0.4 is 21.9 Å². The summed E-state index contributed by atoms with van der Waals surface area (Å²) in [6, 6.07) is 12.2. The summed E-state index contributed by atoms with van der Waals surface area (Å²) in [6.45, 7) is 3.13. The van der Waals surface area contributed by atoms with Crippen molar-refractivity contribution >= 4 is 34.1 Å². The highest BCUT2D eigenvalue weighted by molar-refractivity contribution is 5.94. The summed E-state index contributed by atoms with van der Waals surface area (Å²) >= 11 is 0. The van der Waals surface area contributed by atoms with E-state index in [1.54, 1.807) is 55.5 Å². The Kier molecular flexibility index (Phi) is 5.39. The smallest absolute Gasteiger partial charge is 0.326 e. The van der Waals surface area contributed by atoms with E-state index in [4.69, 9.17) is 0 Å². The van der Waals surface area contributed by atoms with Crippen LogP contribution in [0, 0.1) is 0 Å². The molecule has 0 saturated heterocycles. The standard InChI is InChI=1S/C20H20N4O4/c1-3-17(18(26)22-14-10-8-13(9-11-14)21-12(2)25)24-19(27)15-6-4-5-7-16(15)23-20(24)28/h4-11,17H,3H2,1-2H3,(H,21,25)(H,22,26)(H,23,28). The maximum Gasteiger partial charge on any atom is 0.329 e. The van der Waals surface area contributed by atoms with E-state index >= 15 is 0 Å². The number of amides is 2. The van der Waals surface area contributed by atoms with Crippen molar-refractivity contribution in [2.45, 2.75) is 26.3 Å². The quantitative estimate of drug-likeness (QED) is 0.630. The maximum atomic E-state index is 12.8. The van der Waals surface area contributed by atoms with Crippen LogP contribution in [0.2, 0.25) is 0 Å². The van der Waals surface area contributed by atoms with Crippen molar-refractivity contribution in [3.05, 3.63) is 69.4 Å². The fourth-order valence-electron chi connectivity index (χ4n) is 3.01. The summed E-state index contributed by atoms with van der Waals surface area (Å²) in [4.78, 5) is 51.7. The SMILES string of the molecule is CCC(C(=O)Nc1ccc(NC(C)=O)cc1)n1c(=O)[nH]c2ccccc2c1=O. The average molecular weight is 380 g/mol. The first-order valence-electron chi connectivity index (χ1n) is 8.82. The van der Waals surface area contributed by atoms with Gasteiger partial charge in [-0.25, -0.2) is 9.36 Å². The average Bonchev–Trinajstić information content (AvgIpc) is 2.66. The first kappa shape index (κ1) is 19.1. The second-order valence-corrected chi connectivity index (χ2v) is 6.32. The van der Waals surface area contributed by atoms with Crippen LogP contribution in [0.15, 0.2) is 58.1 Å². The van der Waals surface area contributed by atoms with Crippen molar-refractivity contribution in [1.29, 1.82) is 0 Å². The highest BCUT2D eigenvalue weighted by atomic mass is 16.2. The van der Waals surface area contributed by atoms with Crippen molar-refractivity contribution in [1.82, 2.24) is 9.55 Å². The van der Waals surface area contributed by atoms with Crippen LogP contribution >= 0.6 is 0 Å². The number of benzene rings is 2. The monoisotopic (exact) mass is 380 g/mol. The highest BCUT2D eigenvalue weighted by Gasteiger charge is 2.23. The number of aromatic nitrogens is 2. The molecule has 28 heavy (non-hydrogen) atoms. The molecule has 0 bridgehead atoms. The molecule has 3 rings (SSSR count). The number of nitrogens with zero attached hydrogens (tertiary/aromatic N) is 1. The molecule has 2 aromatic carbocycles. The topological polar surface area (TPSA) is 113 Å². The van der Waals surface area contributed by atoms with E-state index in [-0.39, 0.29) is 12.3 Å². The molecule has 1 heterocycles. The normalized spacial score (nSPS) is 11.8. The lowest BCUT2D eigenvalue weighted by Gasteiger charge is -2.17. The third kappa shape index (κ3) is 3.85. The molecule has 0 aliphatic carbocycles. The van der Waals surface area contributed by atoms with Gasteiger partial charge in [-0.3, -0.25) is 14.4 Å². The number of anilines is 2. The molecule has 3 aromatic rings. The fourth-order valence-corrected chi connectivity index (χ4v) is 3.01. The summed E-state index contributed by atoms with van der Waals surface area (Å²) in [5.74, 6) is -0.671. The van der Waals surface area contributed by atoms with Crippen LogP contribution in [0.5, 0.6) is 0 Å². The molecular weight excluding hydrogens is 360 g/mol. The Morgan fingerprint density at radius 2 is 1.61 bits per heavy atom. The second-order valence-electron chi connectivity index (χ2n) is 6.32. The van der Waals surface area contributed by atoms with Gasteiger partial charge in [-0.2, -0.15) is 0 Å². The van der Waals surface area contributed by atoms with Gasteiger partial charge in [0, 0.05) is 18.3 Å². The molecule has 1 atom stereocenters. The minimum atomic E-state index is -0.962. The van der Waals surface area contributed by atoms with Crippen LogP contribution in [0.3, 0.4) is 0 Å². The zero-order valence-corrected chi connectivity index (χ0v) is 15.5. The van der Waals surface area contributed by atoms with Crippen LogP contribution in [0.25, 0.3) is 10.9 Å². The lowest BCUT2D eigenvalue weighted by Crippen LogP contribution is -2.42. The Morgan fingerprint density at radius 1 is 1.00 bits per heavy atom. The van der Waals surface area contributed by atoms with E-state index in [9.17, 15) is 19.2 Å². The molecule has 8 heteroatoms. The zero-order valence-electron chi connectivity index (χ0n) is 15.5. The third-order valence-electron chi connectivity index (χ3n) is 4.31. The molecule has 0 aliphatic heterocycles. The van der Waals surface area contributed by atoms with Crippen LogP contribution in [-0.4, -0.2) is 21.4 Å². The molecule has 8 nitrogen and oxygen atoms in total. The van der Waals surface area contributed by atoms with E-state index < -0.39 is 23.2 Å². The number of carbonyl (C=O) groups is 2. The number of carbonyl (C=O) groups excluding carboxylic acids is 2. The van der Waals surface area contributed by atoms with Gasteiger partial charge in [-0.1, -0.05) is 19.1 Å². The summed E-state index contributed by atoms with van der Waals surface area (Å²) in [6.07, 6.45) is 0.261. The molecule has 144 valence electrons. The molecule has 0 radical (unpaired) electrons. The lowest BCUT2D eigenvalue weighted by molar-refractivity contribution is -0.119.